The SMILES string of the molecule is CCOc1ncccc1NC(=O)CC(CN)CC(C)C. The minimum atomic E-state index is -0.0462. The molecule has 5 nitrogen and oxygen atoms in total. The fourth-order valence-corrected chi connectivity index (χ4v) is 2.13. The van der Waals surface area contributed by atoms with Crippen molar-refractivity contribution in [3.05, 3.63) is 18.3 Å². The van der Waals surface area contributed by atoms with Gasteiger partial charge in [0, 0.05) is 12.6 Å². The van der Waals surface area contributed by atoms with E-state index in [1.807, 2.05) is 6.92 Å². The van der Waals surface area contributed by atoms with E-state index in [1.54, 1.807) is 18.3 Å². The van der Waals surface area contributed by atoms with Gasteiger partial charge in [0.25, 0.3) is 0 Å². The first kappa shape index (κ1) is 16.4. The minimum Gasteiger partial charge on any atom is -0.476 e. The third kappa shape index (κ3) is 5.57. The van der Waals surface area contributed by atoms with E-state index in [-0.39, 0.29) is 11.8 Å². The summed E-state index contributed by atoms with van der Waals surface area (Å²) in [5.41, 5.74) is 6.33. The van der Waals surface area contributed by atoms with E-state index < -0.39 is 0 Å². The van der Waals surface area contributed by atoms with E-state index in [4.69, 9.17) is 10.5 Å². The van der Waals surface area contributed by atoms with E-state index in [0.717, 1.165) is 6.42 Å². The van der Waals surface area contributed by atoms with Gasteiger partial charge in [-0.3, -0.25) is 4.79 Å². The maximum atomic E-state index is 12.1. The number of nitrogens with zero attached hydrogens (tertiary/aromatic N) is 1. The zero-order chi connectivity index (χ0) is 15.0. The normalized spacial score (nSPS) is 12.2. The van der Waals surface area contributed by atoms with Crippen LogP contribution in [0.2, 0.25) is 0 Å². The Morgan fingerprint density at radius 1 is 1.50 bits per heavy atom. The maximum Gasteiger partial charge on any atom is 0.237 e. The van der Waals surface area contributed by atoms with Crippen molar-refractivity contribution >= 4 is 11.6 Å². The summed E-state index contributed by atoms with van der Waals surface area (Å²) in [7, 11) is 0. The number of ether oxygens (including phenoxy) is 1. The van der Waals surface area contributed by atoms with Gasteiger partial charge in [0.15, 0.2) is 0 Å². The van der Waals surface area contributed by atoms with Gasteiger partial charge in [0.2, 0.25) is 11.8 Å². The van der Waals surface area contributed by atoms with Crippen LogP contribution in [0.3, 0.4) is 0 Å². The second-order valence-electron chi connectivity index (χ2n) is 5.27. The molecule has 1 rings (SSSR count). The number of anilines is 1. The average Bonchev–Trinajstić information content (AvgIpc) is 2.40. The van der Waals surface area contributed by atoms with E-state index in [0.29, 0.717) is 37.1 Å². The third-order valence-corrected chi connectivity index (χ3v) is 2.94. The monoisotopic (exact) mass is 279 g/mol. The van der Waals surface area contributed by atoms with Crippen LogP contribution < -0.4 is 15.8 Å². The molecule has 20 heavy (non-hydrogen) atoms. The van der Waals surface area contributed by atoms with E-state index >= 15 is 0 Å². The van der Waals surface area contributed by atoms with Crippen LogP contribution >= 0.6 is 0 Å². The number of hydrogen-bond acceptors (Lipinski definition) is 4. The lowest BCUT2D eigenvalue weighted by Crippen LogP contribution is -2.23. The highest BCUT2D eigenvalue weighted by atomic mass is 16.5. The molecule has 0 aromatic carbocycles. The lowest BCUT2D eigenvalue weighted by atomic mass is 9.94. The molecule has 0 saturated heterocycles. The lowest BCUT2D eigenvalue weighted by molar-refractivity contribution is -0.117. The molecule has 0 aliphatic carbocycles. The summed E-state index contributed by atoms with van der Waals surface area (Å²) in [6.45, 7) is 7.19. The summed E-state index contributed by atoms with van der Waals surface area (Å²) >= 11 is 0. The van der Waals surface area contributed by atoms with Crippen molar-refractivity contribution in [2.24, 2.45) is 17.6 Å². The fraction of sp³-hybridized carbons (Fsp3) is 0.600. The topological polar surface area (TPSA) is 77.2 Å². The zero-order valence-electron chi connectivity index (χ0n) is 12.6. The molecule has 1 heterocycles. The second kappa shape index (κ2) is 8.53. The summed E-state index contributed by atoms with van der Waals surface area (Å²) < 4.78 is 5.38. The second-order valence-corrected chi connectivity index (χ2v) is 5.27. The number of carbonyl (C=O) groups is 1. The molecule has 1 atom stereocenters. The number of amides is 1. The number of aromatic nitrogens is 1. The van der Waals surface area contributed by atoms with Gasteiger partial charge in [-0.2, -0.15) is 0 Å². The van der Waals surface area contributed by atoms with Gasteiger partial charge in [-0.25, -0.2) is 4.98 Å². The molecule has 0 fully saturated rings. The van der Waals surface area contributed by atoms with Crippen molar-refractivity contribution in [1.29, 1.82) is 0 Å². The van der Waals surface area contributed by atoms with Crippen LogP contribution in [0.5, 0.6) is 5.88 Å². The van der Waals surface area contributed by atoms with Gasteiger partial charge >= 0.3 is 0 Å². The van der Waals surface area contributed by atoms with Gasteiger partial charge in [-0.1, -0.05) is 13.8 Å². The molecule has 1 aromatic rings. The molecule has 112 valence electrons. The quantitative estimate of drug-likeness (QED) is 0.766. The Bertz CT molecular complexity index is 421. The van der Waals surface area contributed by atoms with Crippen molar-refractivity contribution < 1.29 is 9.53 Å². The molecule has 1 unspecified atom stereocenters. The summed E-state index contributed by atoms with van der Waals surface area (Å²) in [5.74, 6) is 1.16. The number of nitrogens with two attached hydrogens (primary N) is 1. The Labute approximate surface area is 120 Å². The average molecular weight is 279 g/mol. The predicted molar refractivity (Wildman–Crippen MR) is 80.7 cm³/mol. The van der Waals surface area contributed by atoms with Gasteiger partial charge in [0.1, 0.15) is 5.69 Å². The van der Waals surface area contributed by atoms with Crippen LogP contribution in [-0.4, -0.2) is 24.0 Å². The first-order chi connectivity index (χ1) is 9.56. The largest absolute Gasteiger partial charge is 0.476 e. The number of hydrogen-bond donors (Lipinski definition) is 2. The first-order valence-corrected chi connectivity index (χ1v) is 7.14. The van der Waals surface area contributed by atoms with E-state index in [2.05, 4.69) is 24.1 Å². The van der Waals surface area contributed by atoms with Crippen LogP contribution in [0, 0.1) is 11.8 Å². The van der Waals surface area contributed by atoms with Gasteiger partial charge in [0.05, 0.1) is 6.61 Å². The van der Waals surface area contributed by atoms with Crippen LogP contribution in [0.25, 0.3) is 0 Å². The molecule has 1 amide bonds. The van der Waals surface area contributed by atoms with Crippen LogP contribution in [-0.2, 0) is 4.79 Å². The van der Waals surface area contributed by atoms with Crippen molar-refractivity contribution in [2.45, 2.75) is 33.6 Å². The van der Waals surface area contributed by atoms with Gasteiger partial charge in [-0.15, -0.1) is 0 Å². The molecular weight excluding hydrogens is 254 g/mol. The van der Waals surface area contributed by atoms with Gasteiger partial charge in [-0.05, 0) is 43.9 Å². The minimum absolute atomic E-state index is 0.0462. The number of pyridine rings is 1. The van der Waals surface area contributed by atoms with E-state index in [9.17, 15) is 4.79 Å². The Hall–Kier alpha value is -1.62. The Morgan fingerprint density at radius 3 is 2.85 bits per heavy atom. The van der Waals surface area contributed by atoms with E-state index in [1.165, 1.54) is 0 Å². The fourth-order valence-electron chi connectivity index (χ4n) is 2.13. The standard InChI is InChI=1S/C15H25N3O2/c1-4-20-15-13(6-5-7-17-15)18-14(19)9-12(10-16)8-11(2)3/h5-7,11-12H,4,8-10,16H2,1-3H3,(H,18,19). The molecule has 0 aliphatic rings. The van der Waals surface area contributed by atoms with Crippen LogP contribution in [0.15, 0.2) is 18.3 Å². The highest BCUT2D eigenvalue weighted by Crippen LogP contribution is 2.22. The Morgan fingerprint density at radius 2 is 2.25 bits per heavy atom. The maximum absolute atomic E-state index is 12.1. The van der Waals surface area contributed by atoms with Crippen LogP contribution in [0.1, 0.15) is 33.6 Å². The van der Waals surface area contributed by atoms with Crippen molar-refractivity contribution in [2.75, 3.05) is 18.5 Å². The summed E-state index contributed by atoms with van der Waals surface area (Å²) in [6.07, 6.45) is 3.02. The Kier molecular flexibility index (Phi) is 7.01. The summed E-state index contributed by atoms with van der Waals surface area (Å²) in [4.78, 5) is 16.2. The molecule has 0 aliphatic heterocycles. The molecule has 0 spiro atoms. The molecule has 1 aromatic heterocycles. The lowest BCUT2D eigenvalue weighted by Gasteiger charge is -2.17. The third-order valence-electron chi connectivity index (χ3n) is 2.94. The van der Waals surface area contributed by atoms with Crippen molar-refractivity contribution in [3.8, 4) is 5.88 Å². The highest BCUT2D eigenvalue weighted by Gasteiger charge is 2.15. The highest BCUT2D eigenvalue weighted by molar-refractivity contribution is 5.92. The molecule has 0 saturated carbocycles. The van der Waals surface area contributed by atoms with Crippen molar-refractivity contribution in [3.63, 3.8) is 0 Å². The molecule has 3 N–H and O–H groups in total. The van der Waals surface area contributed by atoms with Crippen molar-refractivity contribution in [1.82, 2.24) is 4.98 Å². The van der Waals surface area contributed by atoms with Gasteiger partial charge < -0.3 is 15.8 Å². The molecule has 0 bridgehead atoms. The molecular formula is C15H25N3O2. The predicted octanol–water partition coefficient (Wildman–Crippen LogP) is 2.43. The number of nitrogens with one attached hydrogen (secondary N) is 1. The molecule has 0 radical (unpaired) electrons. The Balaban J connectivity index is 2.61. The summed E-state index contributed by atoms with van der Waals surface area (Å²) in [5, 5.41) is 2.85. The number of carbonyl (C=O) groups excluding carboxylic acids is 1. The van der Waals surface area contributed by atoms with Crippen LogP contribution in [0.4, 0.5) is 5.69 Å². The smallest absolute Gasteiger partial charge is 0.237 e. The number of rotatable bonds is 8. The molecule has 5 heteroatoms. The zero-order valence-corrected chi connectivity index (χ0v) is 12.6. The summed E-state index contributed by atoms with van der Waals surface area (Å²) in [6, 6.07) is 3.56. The first-order valence-electron chi connectivity index (χ1n) is 7.14.